The van der Waals surface area contributed by atoms with Gasteiger partial charge in [-0.1, -0.05) is 40.5 Å². The zero-order chi connectivity index (χ0) is 10.7. The molecule has 82 valence electrons. The van der Waals surface area contributed by atoms with Crippen LogP contribution in [0.2, 0.25) is 0 Å². The lowest BCUT2D eigenvalue weighted by Gasteiger charge is -2.17. The lowest BCUT2D eigenvalue weighted by Crippen LogP contribution is -2.40. The molecule has 2 atom stereocenters. The molecule has 1 aromatic rings. The molecule has 1 saturated carbocycles. The summed E-state index contributed by atoms with van der Waals surface area (Å²) in [4.78, 5) is 0. The summed E-state index contributed by atoms with van der Waals surface area (Å²) in [6.45, 7) is 0.903. The quantitative estimate of drug-likeness (QED) is 0.884. The molecule has 0 amide bonds. The Labute approximate surface area is 99.4 Å². The van der Waals surface area contributed by atoms with Crippen molar-refractivity contribution in [3.8, 4) is 0 Å². The largest absolute Gasteiger partial charge is 0.326 e. The Morgan fingerprint density at radius 2 is 2.13 bits per heavy atom. The van der Waals surface area contributed by atoms with Crippen LogP contribution in [0.5, 0.6) is 0 Å². The number of halogens is 1. The highest BCUT2D eigenvalue weighted by atomic mass is 79.9. The molecule has 15 heavy (non-hydrogen) atoms. The molecule has 0 spiro atoms. The van der Waals surface area contributed by atoms with Crippen LogP contribution >= 0.6 is 15.9 Å². The van der Waals surface area contributed by atoms with Gasteiger partial charge in [-0.2, -0.15) is 0 Å². The summed E-state index contributed by atoms with van der Waals surface area (Å²) in [5.41, 5.74) is 7.31. The van der Waals surface area contributed by atoms with Gasteiger partial charge < -0.3 is 11.1 Å². The van der Waals surface area contributed by atoms with Crippen LogP contribution in [0.3, 0.4) is 0 Å². The standard InChI is InChI=1S/C12H17BrN2/c13-10-5-2-1-4-9(10)8-15-12-7-3-6-11(12)14/h1-2,4-5,11-12,15H,3,6-8,14H2. The molecule has 2 rings (SSSR count). The molecule has 2 nitrogen and oxygen atoms in total. The highest BCUT2D eigenvalue weighted by molar-refractivity contribution is 9.10. The van der Waals surface area contributed by atoms with Gasteiger partial charge in [0, 0.05) is 23.1 Å². The number of rotatable bonds is 3. The minimum atomic E-state index is 0.340. The normalized spacial score (nSPS) is 25.7. The van der Waals surface area contributed by atoms with E-state index < -0.39 is 0 Å². The van der Waals surface area contributed by atoms with E-state index in [4.69, 9.17) is 5.73 Å². The highest BCUT2D eigenvalue weighted by Gasteiger charge is 2.22. The average Bonchev–Trinajstić information content (AvgIpc) is 2.63. The topological polar surface area (TPSA) is 38.0 Å². The molecule has 3 N–H and O–H groups in total. The zero-order valence-electron chi connectivity index (χ0n) is 8.75. The first-order valence-corrected chi connectivity index (χ1v) is 6.29. The smallest absolute Gasteiger partial charge is 0.0222 e. The summed E-state index contributed by atoms with van der Waals surface area (Å²) in [6.07, 6.45) is 3.63. The van der Waals surface area contributed by atoms with Gasteiger partial charge in [0.05, 0.1) is 0 Å². The van der Waals surface area contributed by atoms with Crippen LogP contribution in [0.15, 0.2) is 28.7 Å². The number of hydrogen-bond acceptors (Lipinski definition) is 2. The predicted molar refractivity (Wildman–Crippen MR) is 66.6 cm³/mol. The molecule has 0 aliphatic heterocycles. The third-order valence-corrected chi connectivity index (χ3v) is 3.86. The van der Waals surface area contributed by atoms with Crippen molar-refractivity contribution in [1.29, 1.82) is 0 Å². The minimum absolute atomic E-state index is 0.340. The average molecular weight is 269 g/mol. The van der Waals surface area contributed by atoms with Crippen molar-refractivity contribution in [3.63, 3.8) is 0 Å². The van der Waals surface area contributed by atoms with E-state index in [1.54, 1.807) is 0 Å². The molecular weight excluding hydrogens is 252 g/mol. The van der Waals surface area contributed by atoms with Gasteiger partial charge in [-0.3, -0.25) is 0 Å². The molecular formula is C12H17BrN2. The molecule has 1 fully saturated rings. The van der Waals surface area contributed by atoms with Gasteiger partial charge >= 0.3 is 0 Å². The summed E-state index contributed by atoms with van der Waals surface area (Å²) in [6, 6.07) is 9.15. The molecule has 1 aliphatic rings. The van der Waals surface area contributed by atoms with Crippen molar-refractivity contribution in [2.45, 2.75) is 37.9 Å². The molecule has 0 aromatic heterocycles. The molecule has 1 aliphatic carbocycles. The zero-order valence-corrected chi connectivity index (χ0v) is 10.3. The Morgan fingerprint density at radius 3 is 2.80 bits per heavy atom. The van der Waals surface area contributed by atoms with Gasteiger partial charge in [0.25, 0.3) is 0 Å². The second-order valence-corrected chi connectivity index (χ2v) is 5.03. The van der Waals surface area contributed by atoms with Crippen LogP contribution in [0.4, 0.5) is 0 Å². The minimum Gasteiger partial charge on any atom is -0.326 e. The van der Waals surface area contributed by atoms with Crippen molar-refractivity contribution < 1.29 is 0 Å². The van der Waals surface area contributed by atoms with Gasteiger partial charge in [0.15, 0.2) is 0 Å². The van der Waals surface area contributed by atoms with Crippen molar-refractivity contribution in [2.24, 2.45) is 5.73 Å². The van der Waals surface area contributed by atoms with Crippen molar-refractivity contribution >= 4 is 15.9 Å². The lowest BCUT2D eigenvalue weighted by atomic mass is 10.1. The van der Waals surface area contributed by atoms with E-state index in [0.717, 1.165) is 13.0 Å². The summed E-state index contributed by atoms with van der Waals surface area (Å²) >= 11 is 3.55. The van der Waals surface area contributed by atoms with Gasteiger partial charge in [-0.05, 0) is 24.5 Å². The van der Waals surface area contributed by atoms with Crippen LogP contribution in [0.25, 0.3) is 0 Å². The fraction of sp³-hybridized carbons (Fsp3) is 0.500. The second-order valence-electron chi connectivity index (χ2n) is 4.17. The van der Waals surface area contributed by atoms with Crippen molar-refractivity contribution in [1.82, 2.24) is 5.32 Å². The summed E-state index contributed by atoms with van der Waals surface area (Å²) in [7, 11) is 0. The number of nitrogens with one attached hydrogen (secondary N) is 1. The van der Waals surface area contributed by atoms with Crippen LogP contribution in [-0.4, -0.2) is 12.1 Å². The molecule has 0 saturated heterocycles. The number of benzene rings is 1. The van der Waals surface area contributed by atoms with Crippen LogP contribution in [-0.2, 0) is 6.54 Å². The third kappa shape index (κ3) is 2.80. The fourth-order valence-electron chi connectivity index (χ4n) is 2.12. The van der Waals surface area contributed by atoms with E-state index in [1.807, 2.05) is 6.07 Å². The Kier molecular flexibility index (Phi) is 3.78. The lowest BCUT2D eigenvalue weighted by molar-refractivity contribution is 0.475. The molecule has 1 aromatic carbocycles. The molecule has 0 heterocycles. The monoisotopic (exact) mass is 268 g/mol. The Bertz CT molecular complexity index is 327. The van der Waals surface area contributed by atoms with Crippen molar-refractivity contribution in [2.75, 3.05) is 0 Å². The number of nitrogens with two attached hydrogens (primary N) is 1. The van der Waals surface area contributed by atoms with Crippen LogP contribution in [0.1, 0.15) is 24.8 Å². The molecule has 3 heteroatoms. The first-order chi connectivity index (χ1) is 7.27. The molecule has 0 bridgehead atoms. The number of hydrogen-bond donors (Lipinski definition) is 2. The van der Waals surface area contributed by atoms with Gasteiger partial charge in [0.2, 0.25) is 0 Å². The van der Waals surface area contributed by atoms with E-state index in [-0.39, 0.29) is 0 Å². The Balaban J connectivity index is 1.90. The Hall–Kier alpha value is -0.380. The third-order valence-electron chi connectivity index (χ3n) is 3.08. The SMILES string of the molecule is NC1CCCC1NCc1ccccc1Br. The summed E-state index contributed by atoms with van der Waals surface area (Å²) in [5.74, 6) is 0. The second kappa shape index (κ2) is 5.10. The summed E-state index contributed by atoms with van der Waals surface area (Å²) in [5, 5.41) is 3.53. The van der Waals surface area contributed by atoms with Crippen LogP contribution < -0.4 is 11.1 Å². The van der Waals surface area contributed by atoms with Gasteiger partial charge in [-0.15, -0.1) is 0 Å². The summed E-state index contributed by atoms with van der Waals surface area (Å²) < 4.78 is 1.17. The first kappa shape index (κ1) is 11.1. The maximum atomic E-state index is 6.01. The highest BCUT2D eigenvalue weighted by Crippen LogP contribution is 2.19. The van der Waals surface area contributed by atoms with E-state index in [0.29, 0.717) is 12.1 Å². The van der Waals surface area contributed by atoms with Gasteiger partial charge in [0.1, 0.15) is 0 Å². The van der Waals surface area contributed by atoms with Crippen LogP contribution in [0, 0.1) is 0 Å². The Morgan fingerprint density at radius 1 is 1.33 bits per heavy atom. The maximum Gasteiger partial charge on any atom is 0.0222 e. The predicted octanol–water partition coefficient (Wildman–Crippen LogP) is 2.42. The first-order valence-electron chi connectivity index (χ1n) is 5.50. The molecule has 0 radical (unpaired) electrons. The van der Waals surface area contributed by atoms with Gasteiger partial charge in [-0.25, -0.2) is 0 Å². The fourth-order valence-corrected chi connectivity index (χ4v) is 2.55. The van der Waals surface area contributed by atoms with E-state index in [1.165, 1.54) is 22.9 Å². The maximum absolute atomic E-state index is 6.01. The van der Waals surface area contributed by atoms with E-state index >= 15 is 0 Å². The van der Waals surface area contributed by atoms with Crippen molar-refractivity contribution in [3.05, 3.63) is 34.3 Å². The van der Waals surface area contributed by atoms with E-state index in [9.17, 15) is 0 Å². The van der Waals surface area contributed by atoms with E-state index in [2.05, 4.69) is 39.4 Å². The molecule has 2 unspecified atom stereocenters.